The summed E-state index contributed by atoms with van der Waals surface area (Å²) in [6.07, 6.45) is 0.767. The molecule has 0 radical (unpaired) electrons. The minimum atomic E-state index is -4.60. The van der Waals surface area contributed by atoms with Gasteiger partial charge < -0.3 is 10.2 Å². The van der Waals surface area contributed by atoms with Crippen molar-refractivity contribution in [1.82, 2.24) is 20.1 Å². The molecule has 6 rings (SSSR count). The van der Waals surface area contributed by atoms with Gasteiger partial charge in [0.05, 0.1) is 33.3 Å². The normalized spacial score (nSPS) is 17.6. The van der Waals surface area contributed by atoms with Gasteiger partial charge in [0.25, 0.3) is 5.91 Å². The maximum atomic E-state index is 14.4. The number of benzene rings is 3. The number of hydrogen-bond donors (Lipinski definition) is 1. The van der Waals surface area contributed by atoms with Crippen molar-refractivity contribution in [3.05, 3.63) is 95.1 Å². The van der Waals surface area contributed by atoms with Gasteiger partial charge in [-0.2, -0.15) is 13.2 Å². The van der Waals surface area contributed by atoms with Gasteiger partial charge in [-0.3, -0.25) is 9.69 Å². The lowest BCUT2D eigenvalue weighted by atomic mass is 9.93. The fourth-order valence-corrected chi connectivity index (χ4v) is 7.79. The number of nitrogens with one attached hydrogen (secondary N) is 1. The highest BCUT2D eigenvalue weighted by molar-refractivity contribution is 7.91. The van der Waals surface area contributed by atoms with Crippen LogP contribution in [-0.2, 0) is 22.6 Å². The highest BCUT2D eigenvalue weighted by Gasteiger charge is 2.33. The number of aromatic nitrogens is 1. The van der Waals surface area contributed by atoms with Crippen molar-refractivity contribution in [2.45, 2.75) is 62.3 Å². The van der Waals surface area contributed by atoms with E-state index in [2.05, 4.69) is 15.1 Å². The van der Waals surface area contributed by atoms with Crippen LogP contribution >= 0.6 is 0 Å². The second-order valence-electron chi connectivity index (χ2n) is 12.7. The summed E-state index contributed by atoms with van der Waals surface area (Å²) >= 11 is 0. The van der Waals surface area contributed by atoms with E-state index < -0.39 is 33.5 Å². The fraction of sp³-hybridized carbons (Fsp3) is 0.389. The van der Waals surface area contributed by atoms with Gasteiger partial charge in [-0.1, -0.05) is 54.6 Å². The Morgan fingerprint density at radius 1 is 0.957 bits per heavy atom. The van der Waals surface area contributed by atoms with Crippen LogP contribution in [0.4, 0.5) is 13.2 Å². The Kier molecular flexibility index (Phi) is 9.42. The van der Waals surface area contributed by atoms with Crippen LogP contribution in [0.1, 0.15) is 65.7 Å². The van der Waals surface area contributed by atoms with Gasteiger partial charge in [-0.05, 0) is 82.5 Å². The molecule has 7 nitrogen and oxygen atoms in total. The first kappa shape index (κ1) is 33.1. The van der Waals surface area contributed by atoms with E-state index in [0.717, 1.165) is 63.0 Å². The molecule has 1 N–H and O–H groups in total. The van der Waals surface area contributed by atoms with E-state index in [0.29, 0.717) is 17.0 Å². The van der Waals surface area contributed by atoms with E-state index in [9.17, 15) is 26.4 Å². The van der Waals surface area contributed by atoms with Crippen LogP contribution in [0.2, 0.25) is 0 Å². The average molecular weight is 665 g/mol. The summed E-state index contributed by atoms with van der Waals surface area (Å²) in [5.74, 6) is -0.449. The van der Waals surface area contributed by atoms with Crippen LogP contribution in [0, 0.1) is 0 Å². The average Bonchev–Trinajstić information content (AvgIpc) is 3.59. The largest absolute Gasteiger partial charge is 0.416 e. The lowest BCUT2D eigenvalue weighted by molar-refractivity contribution is -0.137. The molecule has 3 heterocycles. The van der Waals surface area contributed by atoms with E-state index in [4.69, 9.17) is 4.98 Å². The van der Waals surface area contributed by atoms with Crippen LogP contribution in [0.25, 0.3) is 22.2 Å². The molecule has 0 spiro atoms. The van der Waals surface area contributed by atoms with Gasteiger partial charge in [0.15, 0.2) is 9.84 Å². The molecule has 3 aromatic carbocycles. The smallest absolute Gasteiger partial charge is 0.345 e. The van der Waals surface area contributed by atoms with Crippen molar-refractivity contribution in [1.29, 1.82) is 0 Å². The lowest BCUT2D eigenvalue weighted by Crippen LogP contribution is -2.43. The predicted octanol–water partition coefficient (Wildman–Crippen LogP) is 6.88. The summed E-state index contributed by atoms with van der Waals surface area (Å²) in [5, 5.41) is 3.41. The molecular formula is C36H39F3N4O3S. The maximum Gasteiger partial charge on any atom is 0.416 e. The van der Waals surface area contributed by atoms with Gasteiger partial charge >= 0.3 is 6.18 Å². The molecule has 1 aromatic heterocycles. The SMILES string of the molecule is C[C@H](NC(=O)c1c(CN2CCC(N3CCCC3)CC2)c(-c2cccc(C(F)(F)F)c2)nc2c(S(C)(=O)=O)cccc12)c1ccccc1. The number of hydrogen-bond acceptors (Lipinski definition) is 6. The molecule has 1 amide bonds. The highest BCUT2D eigenvalue weighted by atomic mass is 32.2. The molecule has 2 aliphatic rings. The molecule has 248 valence electrons. The molecule has 4 aromatic rings. The van der Waals surface area contributed by atoms with Crippen molar-refractivity contribution in [2.24, 2.45) is 0 Å². The van der Waals surface area contributed by atoms with E-state index in [1.165, 1.54) is 31.0 Å². The summed E-state index contributed by atoms with van der Waals surface area (Å²) < 4.78 is 67.7. The van der Waals surface area contributed by atoms with Gasteiger partial charge in [0.2, 0.25) is 0 Å². The Hall–Kier alpha value is -3.80. The number of carbonyl (C=O) groups excluding carboxylic acids is 1. The van der Waals surface area contributed by atoms with E-state index in [1.54, 1.807) is 12.1 Å². The van der Waals surface area contributed by atoms with Crippen LogP contribution in [0.3, 0.4) is 0 Å². The molecule has 0 aliphatic carbocycles. The number of piperidine rings is 1. The van der Waals surface area contributed by atoms with E-state index >= 15 is 0 Å². The van der Waals surface area contributed by atoms with Crippen molar-refractivity contribution >= 4 is 26.6 Å². The minimum Gasteiger partial charge on any atom is -0.345 e. The third-order valence-electron chi connectivity index (χ3n) is 9.41. The summed E-state index contributed by atoms with van der Waals surface area (Å²) in [4.78, 5) is 23.9. The molecular weight excluding hydrogens is 625 g/mol. The molecule has 2 saturated heterocycles. The molecule has 0 bridgehead atoms. The summed E-state index contributed by atoms with van der Waals surface area (Å²) in [6.45, 7) is 5.84. The zero-order valence-corrected chi connectivity index (χ0v) is 27.4. The van der Waals surface area contributed by atoms with Crippen molar-refractivity contribution in [3.8, 4) is 11.3 Å². The number of rotatable bonds is 8. The maximum absolute atomic E-state index is 14.4. The van der Waals surface area contributed by atoms with Crippen molar-refractivity contribution < 1.29 is 26.4 Å². The molecule has 0 saturated carbocycles. The molecule has 47 heavy (non-hydrogen) atoms. The Bertz CT molecular complexity index is 1870. The minimum absolute atomic E-state index is 0.0522. The number of nitrogens with zero attached hydrogens (tertiary/aromatic N) is 3. The first-order valence-corrected chi connectivity index (χ1v) is 17.9. The Morgan fingerprint density at radius 3 is 2.30 bits per heavy atom. The highest BCUT2D eigenvalue weighted by Crippen LogP contribution is 2.38. The standard InChI is InChI=1S/C36H39F3N4O3S/c1-24(25-10-4-3-5-11-25)40-35(44)32-29-14-9-15-31(47(2,45)46)34(29)41-33(26-12-8-13-27(22-26)36(37,38)39)30(32)23-42-20-16-28(17-21-42)43-18-6-7-19-43/h3-5,8-15,22,24,28H,6-7,16-21,23H2,1-2H3,(H,40,44)/t24-/m0/s1. The van der Waals surface area contributed by atoms with Crippen molar-refractivity contribution in [2.75, 3.05) is 32.4 Å². The topological polar surface area (TPSA) is 82.6 Å². The number of halogens is 3. The first-order chi connectivity index (χ1) is 22.4. The van der Waals surface area contributed by atoms with E-state index in [1.807, 2.05) is 37.3 Å². The second-order valence-corrected chi connectivity index (χ2v) is 14.7. The van der Waals surface area contributed by atoms with Crippen LogP contribution in [0.5, 0.6) is 0 Å². The number of likely N-dealkylation sites (tertiary alicyclic amines) is 2. The fourth-order valence-electron chi connectivity index (χ4n) is 6.96. The van der Waals surface area contributed by atoms with E-state index in [-0.39, 0.29) is 33.8 Å². The number of para-hydroxylation sites is 1. The number of pyridine rings is 1. The molecule has 2 aliphatic heterocycles. The van der Waals surface area contributed by atoms with Gasteiger partial charge in [-0.25, -0.2) is 13.4 Å². The summed E-state index contributed by atoms with van der Waals surface area (Å²) in [5.41, 5.74) is 1.10. The van der Waals surface area contributed by atoms with Crippen LogP contribution in [0.15, 0.2) is 77.7 Å². The van der Waals surface area contributed by atoms with Gasteiger partial charge in [0.1, 0.15) is 0 Å². The number of amides is 1. The number of alkyl halides is 3. The zero-order chi connectivity index (χ0) is 33.3. The Labute approximate surface area is 273 Å². The molecule has 0 unspecified atom stereocenters. The zero-order valence-electron chi connectivity index (χ0n) is 26.6. The number of carbonyl (C=O) groups is 1. The monoisotopic (exact) mass is 664 g/mol. The summed E-state index contributed by atoms with van der Waals surface area (Å²) in [7, 11) is -3.81. The predicted molar refractivity (Wildman–Crippen MR) is 177 cm³/mol. The van der Waals surface area contributed by atoms with Gasteiger partial charge in [-0.15, -0.1) is 0 Å². The molecule has 2 fully saturated rings. The lowest BCUT2D eigenvalue weighted by Gasteiger charge is -2.37. The third kappa shape index (κ3) is 7.22. The molecule has 11 heteroatoms. The van der Waals surface area contributed by atoms with Crippen molar-refractivity contribution in [3.63, 3.8) is 0 Å². The van der Waals surface area contributed by atoms with Gasteiger partial charge in [0, 0.05) is 35.4 Å². The summed E-state index contributed by atoms with van der Waals surface area (Å²) in [6, 6.07) is 19.0. The number of sulfone groups is 1. The second kappa shape index (κ2) is 13.4. The first-order valence-electron chi connectivity index (χ1n) is 16.1. The number of fused-ring (bicyclic) bond motifs is 1. The third-order valence-corrected chi connectivity index (χ3v) is 10.5. The van der Waals surface area contributed by atoms with Crippen LogP contribution < -0.4 is 5.32 Å². The Morgan fingerprint density at radius 2 is 1.64 bits per heavy atom. The molecule has 1 atom stereocenters. The van der Waals surface area contributed by atoms with Crippen LogP contribution in [-0.4, -0.2) is 67.6 Å². The Balaban J connectivity index is 1.52. The quantitative estimate of drug-likeness (QED) is 0.221.